The van der Waals surface area contributed by atoms with Gasteiger partial charge in [-0.1, -0.05) is 49.4 Å². The summed E-state index contributed by atoms with van der Waals surface area (Å²) < 4.78 is 73.4. The van der Waals surface area contributed by atoms with Gasteiger partial charge in [0.2, 0.25) is 0 Å². The number of hydrogen-bond acceptors (Lipinski definition) is 7. The van der Waals surface area contributed by atoms with Gasteiger partial charge in [-0.15, -0.1) is 0 Å². The first kappa shape index (κ1) is 29.9. The average molecular weight is 600 g/mol. The molecule has 40 heavy (non-hydrogen) atoms. The van der Waals surface area contributed by atoms with Crippen LogP contribution in [-0.2, 0) is 40.7 Å². The van der Waals surface area contributed by atoms with Crippen molar-refractivity contribution < 1.29 is 25.3 Å². The topological polar surface area (TPSA) is 115 Å². The first-order valence-corrected chi connectivity index (χ1v) is 18.2. The molecule has 0 aliphatic carbocycles. The highest BCUT2D eigenvalue weighted by atomic mass is 32.2. The van der Waals surface area contributed by atoms with Crippen molar-refractivity contribution >= 4 is 40.4 Å². The summed E-state index contributed by atoms with van der Waals surface area (Å²) in [5.41, 5.74) is 4.27. The number of hydrogen-bond donors (Lipinski definition) is 0. The lowest BCUT2D eigenvalue weighted by atomic mass is 9.98. The Morgan fingerprint density at radius 2 is 1.48 bits per heavy atom. The largest absolute Gasteiger partial charge is 0.248 e. The maximum Gasteiger partial charge on any atom is 0.175 e. The molecule has 0 radical (unpaired) electrons. The summed E-state index contributed by atoms with van der Waals surface area (Å²) in [6.07, 6.45) is 2.57. The van der Waals surface area contributed by atoms with Gasteiger partial charge in [0.15, 0.2) is 29.5 Å². The molecule has 0 N–H and O–H groups in total. The Kier molecular flexibility index (Phi) is 8.01. The van der Waals surface area contributed by atoms with Crippen LogP contribution in [0.2, 0.25) is 0 Å². The molecule has 1 unspecified atom stereocenters. The Morgan fingerprint density at radius 3 is 2.08 bits per heavy atom. The van der Waals surface area contributed by atoms with Crippen LogP contribution in [0.4, 0.5) is 0 Å². The summed E-state index contributed by atoms with van der Waals surface area (Å²) in [5.74, 6) is -0.0461. The lowest BCUT2D eigenvalue weighted by molar-refractivity contribution is 0.561. The number of benzene rings is 3. The number of nitrogens with zero attached hydrogens (tertiary/aromatic N) is 1. The predicted molar refractivity (Wildman–Crippen MR) is 161 cm³/mol. The van der Waals surface area contributed by atoms with E-state index in [0.29, 0.717) is 22.3 Å². The van der Waals surface area contributed by atoms with E-state index in [4.69, 9.17) is 4.98 Å². The Balaban J connectivity index is 1.68. The van der Waals surface area contributed by atoms with E-state index in [1.54, 1.807) is 39.0 Å². The Bertz CT molecular complexity index is 1890. The molecule has 212 valence electrons. The van der Waals surface area contributed by atoms with Gasteiger partial charge in [-0.3, -0.25) is 0 Å². The van der Waals surface area contributed by atoms with Gasteiger partial charge in [0, 0.05) is 29.2 Å². The molecule has 7 nitrogen and oxygen atoms in total. The molecule has 0 saturated carbocycles. The highest BCUT2D eigenvalue weighted by Crippen LogP contribution is 2.33. The second-order valence-corrected chi connectivity index (χ2v) is 17.6. The number of fused-ring (bicyclic) bond motifs is 1. The van der Waals surface area contributed by atoms with Gasteiger partial charge >= 0.3 is 0 Å². The number of sulfone groups is 3. The van der Waals surface area contributed by atoms with Gasteiger partial charge in [0.25, 0.3) is 0 Å². The molecule has 4 aromatic rings. The van der Waals surface area contributed by atoms with Crippen LogP contribution < -0.4 is 0 Å². The quantitative estimate of drug-likeness (QED) is 0.256. The molecule has 1 heterocycles. The Labute approximate surface area is 237 Å². The summed E-state index contributed by atoms with van der Waals surface area (Å²) in [5, 5.41) is -0.0108. The number of rotatable bonds is 9. The van der Waals surface area contributed by atoms with Crippen LogP contribution >= 0.6 is 0 Å². The minimum Gasteiger partial charge on any atom is -0.248 e. The number of aromatic nitrogens is 1. The van der Waals surface area contributed by atoms with Crippen LogP contribution in [0.15, 0.2) is 83.8 Å². The van der Waals surface area contributed by atoms with Gasteiger partial charge in [0.05, 0.1) is 26.1 Å². The molecule has 0 saturated heterocycles. The average Bonchev–Trinajstić information content (AvgIpc) is 2.90. The third-order valence-corrected chi connectivity index (χ3v) is 12.8. The van der Waals surface area contributed by atoms with E-state index in [2.05, 4.69) is 0 Å². The molecule has 1 atom stereocenters. The highest BCUT2D eigenvalue weighted by molar-refractivity contribution is 7.92. The first-order valence-electron chi connectivity index (χ1n) is 12.7. The summed E-state index contributed by atoms with van der Waals surface area (Å²) in [6, 6.07) is 22.8. The maximum absolute atomic E-state index is 13.1. The van der Waals surface area contributed by atoms with Crippen LogP contribution in [-0.4, -0.2) is 48.5 Å². The van der Waals surface area contributed by atoms with Gasteiger partial charge < -0.3 is 0 Å². The minimum atomic E-state index is -3.50. The van der Waals surface area contributed by atoms with E-state index < -0.39 is 39.5 Å². The van der Waals surface area contributed by atoms with E-state index in [-0.39, 0.29) is 17.1 Å². The molecule has 1 aromatic heterocycles. The lowest BCUT2D eigenvalue weighted by Crippen LogP contribution is -2.27. The first-order chi connectivity index (χ1) is 18.5. The molecular weight excluding hydrogens is 567 g/mol. The predicted octanol–water partition coefficient (Wildman–Crippen LogP) is 5.30. The van der Waals surface area contributed by atoms with Gasteiger partial charge in [0.1, 0.15) is 0 Å². The minimum absolute atomic E-state index is 0.0461. The third-order valence-electron chi connectivity index (χ3n) is 7.47. The van der Waals surface area contributed by atoms with Crippen molar-refractivity contribution in [1.82, 2.24) is 4.98 Å². The van der Waals surface area contributed by atoms with Crippen molar-refractivity contribution in [3.05, 3.63) is 95.6 Å². The van der Waals surface area contributed by atoms with E-state index in [9.17, 15) is 25.3 Å². The second kappa shape index (κ2) is 10.7. The fourth-order valence-corrected chi connectivity index (χ4v) is 7.14. The van der Waals surface area contributed by atoms with E-state index in [0.717, 1.165) is 22.8 Å². The summed E-state index contributed by atoms with van der Waals surface area (Å²) in [6.45, 7) is 4.97. The maximum atomic E-state index is 13.1. The zero-order valence-electron chi connectivity index (χ0n) is 23.1. The molecule has 0 bridgehead atoms. The van der Waals surface area contributed by atoms with Crippen molar-refractivity contribution in [3.63, 3.8) is 0 Å². The van der Waals surface area contributed by atoms with Crippen LogP contribution in [0.1, 0.15) is 42.7 Å². The van der Waals surface area contributed by atoms with Gasteiger partial charge in [-0.2, -0.15) is 0 Å². The number of pyridine rings is 1. The molecule has 0 aliphatic rings. The zero-order valence-corrected chi connectivity index (χ0v) is 25.6. The fourth-order valence-electron chi connectivity index (χ4n) is 4.53. The zero-order chi connectivity index (χ0) is 29.5. The highest BCUT2D eigenvalue weighted by Gasteiger charge is 2.32. The molecule has 3 aromatic carbocycles. The van der Waals surface area contributed by atoms with E-state index >= 15 is 0 Å². The van der Waals surface area contributed by atoms with E-state index in [1.165, 1.54) is 18.4 Å². The van der Waals surface area contributed by atoms with Crippen LogP contribution in [0.3, 0.4) is 0 Å². The van der Waals surface area contributed by atoms with Crippen LogP contribution in [0, 0.1) is 0 Å². The van der Waals surface area contributed by atoms with Crippen molar-refractivity contribution in [2.24, 2.45) is 0 Å². The van der Waals surface area contributed by atoms with Crippen molar-refractivity contribution in [1.29, 1.82) is 0 Å². The Hall–Kier alpha value is -3.08. The van der Waals surface area contributed by atoms with Crippen molar-refractivity contribution in [2.45, 2.75) is 42.1 Å². The van der Waals surface area contributed by atoms with Crippen LogP contribution in [0.25, 0.3) is 22.2 Å². The monoisotopic (exact) mass is 599 g/mol. The fraction of sp³-hybridized carbons (Fsp3) is 0.300. The smallest absolute Gasteiger partial charge is 0.175 e. The van der Waals surface area contributed by atoms with Crippen molar-refractivity contribution in [3.8, 4) is 11.3 Å². The SMILES string of the molecule is CCS(=O)(=O)C(Cc1cccc(-c2ccc3cc(C(C)(C)S(C)(=O)=O)ccc3n2)c1)c1ccc(S(C)(=O)=O)cc1. The molecule has 0 spiro atoms. The summed E-state index contributed by atoms with van der Waals surface area (Å²) in [4.78, 5) is 4.92. The molecule has 0 fully saturated rings. The molecule has 0 aliphatic heterocycles. The Morgan fingerprint density at radius 1 is 0.800 bits per heavy atom. The molecule has 10 heteroatoms. The standard InChI is InChI=1S/C30H33NO6S3/c1-6-40(36,37)29(22-10-14-26(15-11-22)38(4,32)33)19-21-8-7-9-23(18-21)27-16-12-24-20-25(13-17-28(24)31-27)30(2,3)39(5,34)35/h7-18,20,29H,6,19H2,1-5H3. The molecule has 4 rings (SSSR count). The molecule has 0 amide bonds. The van der Waals surface area contributed by atoms with Gasteiger partial charge in [-0.05, 0) is 73.4 Å². The molecular formula is C30H33NO6S3. The van der Waals surface area contributed by atoms with Crippen LogP contribution in [0.5, 0.6) is 0 Å². The summed E-state index contributed by atoms with van der Waals surface area (Å²) >= 11 is 0. The summed E-state index contributed by atoms with van der Waals surface area (Å²) in [7, 11) is -10.2. The van der Waals surface area contributed by atoms with E-state index in [1.807, 2.05) is 48.5 Å². The van der Waals surface area contributed by atoms with Gasteiger partial charge in [-0.25, -0.2) is 30.2 Å². The third kappa shape index (κ3) is 6.14. The lowest BCUT2D eigenvalue weighted by Gasteiger charge is -2.23. The second-order valence-electron chi connectivity index (χ2n) is 10.6. The van der Waals surface area contributed by atoms with Crippen molar-refractivity contribution in [2.75, 3.05) is 18.3 Å². The normalized spacial score (nSPS) is 13.8.